The summed E-state index contributed by atoms with van der Waals surface area (Å²) in [5.41, 5.74) is 3.12. The van der Waals surface area contributed by atoms with Crippen LogP contribution in [0.25, 0.3) is 0 Å². The molecule has 1 unspecified atom stereocenters. The first kappa shape index (κ1) is 20.3. The number of ether oxygens (including phenoxy) is 1. The van der Waals surface area contributed by atoms with Gasteiger partial charge in [0.05, 0.1) is 13.2 Å². The first-order chi connectivity index (χ1) is 14.1. The number of methoxy groups -OCH3 is 1. The highest BCUT2D eigenvalue weighted by Gasteiger charge is 2.20. The Balaban J connectivity index is 1.88. The Morgan fingerprint density at radius 1 is 0.828 bits per heavy atom. The molecule has 0 heterocycles. The number of para-hydroxylation sites is 1. The molecule has 3 rings (SSSR count). The van der Waals surface area contributed by atoms with Gasteiger partial charge in [-0.05, 0) is 30.3 Å². The van der Waals surface area contributed by atoms with Crippen LogP contribution in [0.2, 0.25) is 0 Å². The summed E-state index contributed by atoms with van der Waals surface area (Å²) in [4.78, 5) is 24.7. The molecular formula is C25H25NO3. The quantitative estimate of drug-likeness (QED) is 0.478. The average molecular weight is 387 g/mol. The minimum absolute atomic E-state index is 0.0480. The smallest absolute Gasteiger partial charge is 0.165 e. The van der Waals surface area contributed by atoms with E-state index in [9.17, 15) is 9.59 Å². The van der Waals surface area contributed by atoms with Crippen molar-refractivity contribution >= 4 is 17.3 Å². The Morgan fingerprint density at radius 2 is 1.45 bits per heavy atom. The van der Waals surface area contributed by atoms with Gasteiger partial charge < -0.3 is 10.1 Å². The summed E-state index contributed by atoms with van der Waals surface area (Å²) in [7, 11) is 1.63. The van der Waals surface area contributed by atoms with Crippen LogP contribution in [0, 0.1) is 0 Å². The third-order valence-corrected chi connectivity index (χ3v) is 4.87. The number of hydrogen-bond acceptors (Lipinski definition) is 4. The van der Waals surface area contributed by atoms with Crippen molar-refractivity contribution in [3.05, 3.63) is 95.6 Å². The van der Waals surface area contributed by atoms with Gasteiger partial charge in [-0.25, -0.2) is 0 Å². The van der Waals surface area contributed by atoms with E-state index >= 15 is 0 Å². The Morgan fingerprint density at radius 3 is 2.10 bits per heavy atom. The summed E-state index contributed by atoms with van der Waals surface area (Å²) in [6, 6.07) is 24.1. The van der Waals surface area contributed by atoms with E-state index in [1.807, 2.05) is 85.8 Å². The summed E-state index contributed by atoms with van der Waals surface area (Å²) >= 11 is 0. The van der Waals surface area contributed by atoms with Crippen LogP contribution < -0.4 is 10.1 Å². The maximum atomic E-state index is 12.9. The van der Waals surface area contributed by atoms with Gasteiger partial charge in [0.15, 0.2) is 11.6 Å². The van der Waals surface area contributed by atoms with Crippen LogP contribution in [0.3, 0.4) is 0 Å². The molecule has 0 aliphatic carbocycles. The van der Waals surface area contributed by atoms with E-state index in [2.05, 4.69) is 5.32 Å². The van der Waals surface area contributed by atoms with Gasteiger partial charge in [-0.15, -0.1) is 0 Å². The highest BCUT2D eigenvalue weighted by Crippen LogP contribution is 2.31. The molecule has 0 bridgehead atoms. The molecule has 4 heteroatoms. The van der Waals surface area contributed by atoms with Gasteiger partial charge >= 0.3 is 0 Å². The van der Waals surface area contributed by atoms with Crippen molar-refractivity contribution in [2.75, 3.05) is 12.4 Å². The zero-order valence-corrected chi connectivity index (χ0v) is 16.7. The van der Waals surface area contributed by atoms with Crippen molar-refractivity contribution in [3.63, 3.8) is 0 Å². The highest BCUT2D eigenvalue weighted by molar-refractivity contribution is 5.97. The molecule has 0 amide bonds. The lowest BCUT2D eigenvalue weighted by Crippen LogP contribution is -2.16. The fraction of sp³-hybridized carbons (Fsp3) is 0.200. The normalized spacial score (nSPS) is 11.5. The van der Waals surface area contributed by atoms with Crippen molar-refractivity contribution in [1.82, 2.24) is 0 Å². The van der Waals surface area contributed by atoms with Gasteiger partial charge in [-0.1, -0.05) is 55.5 Å². The van der Waals surface area contributed by atoms with Gasteiger partial charge in [-0.2, -0.15) is 0 Å². The summed E-state index contributed by atoms with van der Waals surface area (Å²) in [6.45, 7) is 1.85. The Bertz CT molecular complexity index is 965. The zero-order valence-electron chi connectivity index (χ0n) is 16.7. The number of carbonyl (C=O) groups excluding carboxylic acids is 2. The van der Waals surface area contributed by atoms with Crippen LogP contribution in [0.1, 0.15) is 52.1 Å². The summed E-state index contributed by atoms with van der Waals surface area (Å²) in [5, 5.41) is 3.44. The van der Waals surface area contributed by atoms with E-state index in [1.54, 1.807) is 7.11 Å². The molecule has 0 aliphatic rings. The van der Waals surface area contributed by atoms with E-state index in [4.69, 9.17) is 4.74 Å². The number of nitrogens with one attached hydrogen (secondary N) is 1. The lowest BCUT2D eigenvalue weighted by Gasteiger charge is -2.22. The molecule has 0 saturated heterocycles. The van der Waals surface area contributed by atoms with Crippen LogP contribution in [-0.2, 0) is 0 Å². The van der Waals surface area contributed by atoms with Crippen molar-refractivity contribution in [2.45, 2.75) is 25.8 Å². The Kier molecular flexibility index (Phi) is 6.80. The topological polar surface area (TPSA) is 55.4 Å². The van der Waals surface area contributed by atoms with Gasteiger partial charge in [0.25, 0.3) is 0 Å². The van der Waals surface area contributed by atoms with E-state index in [0.717, 1.165) is 17.0 Å². The van der Waals surface area contributed by atoms with Gasteiger partial charge in [0.2, 0.25) is 0 Å². The van der Waals surface area contributed by atoms with Crippen molar-refractivity contribution < 1.29 is 14.3 Å². The monoisotopic (exact) mass is 387 g/mol. The number of anilines is 1. The molecule has 0 radical (unpaired) electrons. The first-order valence-electron chi connectivity index (χ1n) is 9.73. The molecule has 3 aromatic carbocycles. The van der Waals surface area contributed by atoms with E-state index in [-0.39, 0.29) is 24.0 Å². The second kappa shape index (κ2) is 9.69. The summed E-state index contributed by atoms with van der Waals surface area (Å²) in [6.07, 6.45) is 0.752. The van der Waals surface area contributed by atoms with Crippen molar-refractivity contribution in [3.8, 4) is 5.75 Å². The predicted molar refractivity (Wildman–Crippen MR) is 116 cm³/mol. The van der Waals surface area contributed by atoms with Crippen molar-refractivity contribution in [2.24, 2.45) is 0 Å². The molecule has 0 saturated carbocycles. The van der Waals surface area contributed by atoms with Crippen molar-refractivity contribution in [1.29, 1.82) is 0 Å². The maximum absolute atomic E-state index is 12.9. The SMILES string of the molecule is CCC(=O)c1ccc(NC(CC(=O)c2ccccc2)c2ccccc2OC)cc1. The maximum Gasteiger partial charge on any atom is 0.165 e. The van der Waals surface area contributed by atoms with Gasteiger partial charge in [0, 0.05) is 35.2 Å². The number of Topliss-reactive ketones (excluding diaryl/α,β-unsaturated/α-hetero) is 2. The Hall–Kier alpha value is -3.40. The number of hydrogen-bond donors (Lipinski definition) is 1. The third-order valence-electron chi connectivity index (χ3n) is 4.87. The molecule has 3 aromatic rings. The molecule has 148 valence electrons. The predicted octanol–water partition coefficient (Wildman–Crippen LogP) is 5.71. The molecule has 29 heavy (non-hydrogen) atoms. The van der Waals surface area contributed by atoms with Crippen LogP contribution in [0.15, 0.2) is 78.9 Å². The van der Waals surface area contributed by atoms with Crippen LogP contribution in [0.5, 0.6) is 5.75 Å². The molecule has 0 aliphatic heterocycles. The van der Waals surface area contributed by atoms with Gasteiger partial charge in [0.1, 0.15) is 5.75 Å². The summed E-state index contributed by atoms with van der Waals surface area (Å²) in [5.74, 6) is 0.882. The van der Waals surface area contributed by atoms with E-state index < -0.39 is 0 Å². The largest absolute Gasteiger partial charge is 0.496 e. The van der Waals surface area contributed by atoms with Crippen LogP contribution in [0.4, 0.5) is 5.69 Å². The highest BCUT2D eigenvalue weighted by atomic mass is 16.5. The van der Waals surface area contributed by atoms with Crippen LogP contribution in [-0.4, -0.2) is 18.7 Å². The molecule has 1 atom stereocenters. The number of carbonyl (C=O) groups is 2. The molecule has 1 N–H and O–H groups in total. The number of ketones is 2. The van der Waals surface area contributed by atoms with Crippen LogP contribution >= 0.6 is 0 Å². The molecule has 0 fully saturated rings. The minimum atomic E-state index is -0.272. The zero-order chi connectivity index (χ0) is 20.6. The Labute approximate surface area is 171 Å². The fourth-order valence-electron chi connectivity index (χ4n) is 3.28. The van der Waals surface area contributed by atoms with Gasteiger partial charge in [-0.3, -0.25) is 9.59 Å². The lowest BCUT2D eigenvalue weighted by molar-refractivity contribution is 0.0972. The second-order valence-corrected chi connectivity index (χ2v) is 6.79. The number of benzene rings is 3. The lowest BCUT2D eigenvalue weighted by atomic mass is 9.96. The standard InChI is InChI=1S/C25H25NO3/c1-3-23(27)19-13-15-20(16-14-19)26-22(21-11-7-8-12-25(21)29-2)17-24(28)18-9-5-4-6-10-18/h4-16,22,26H,3,17H2,1-2H3. The molecule has 0 spiro atoms. The molecule has 0 aromatic heterocycles. The average Bonchev–Trinajstić information content (AvgIpc) is 2.79. The van der Waals surface area contributed by atoms with E-state index in [0.29, 0.717) is 17.5 Å². The first-order valence-corrected chi connectivity index (χ1v) is 9.73. The third kappa shape index (κ3) is 5.11. The second-order valence-electron chi connectivity index (χ2n) is 6.79. The molecular weight excluding hydrogens is 362 g/mol. The number of rotatable bonds is 9. The minimum Gasteiger partial charge on any atom is -0.496 e. The van der Waals surface area contributed by atoms with E-state index in [1.165, 1.54) is 0 Å². The fourth-order valence-corrected chi connectivity index (χ4v) is 3.28. The summed E-state index contributed by atoms with van der Waals surface area (Å²) < 4.78 is 5.52. The molecule has 4 nitrogen and oxygen atoms in total.